The highest BCUT2D eigenvalue weighted by Gasteiger charge is 2.05. The Morgan fingerprint density at radius 3 is 2.35 bits per heavy atom. The lowest BCUT2D eigenvalue weighted by Gasteiger charge is -2.07. The lowest BCUT2D eigenvalue weighted by molar-refractivity contribution is 0.741. The molecule has 0 aromatic carbocycles. The number of rotatable bonds is 7. The molecule has 0 saturated heterocycles. The number of unbranched alkanes of at least 4 members (excludes halogenated alkanes) is 2. The van der Waals surface area contributed by atoms with E-state index in [9.17, 15) is 0 Å². The fourth-order valence-corrected chi connectivity index (χ4v) is 1.93. The normalized spacial score (nSPS) is 13.2. The van der Waals surface area contributed by atoms with Gasteiger partial charge in [-0.25, -0.2) is 0 Å². The standard InChI is InChI=1S/C13H22IN3/c1-4-5-6-7-13(17)12(14)8-11(9(2)15)10(3)16/h8,17H,2,4-7,15-16H2,1,3H3. The fourth-order valence-electron chi connectivity index (χ4n) is 1.34. The van der Waals surface area contributed by atoms with Crippen molar-refractivity contribution in [3.05, 3.63) is 33.2 Å². The van der Waals surface area contributed by atoms with Crippen molar-refractivity contribution in [2.75, 3.05) is 0 Å². The first-order valence-electron chi connectivity index (χ1n) is 5.76. The van der Waals surface area contributed by atoms with Crippen LogP contribution < -0.4 is 11.5 Å². The SMILES string of the molecule is C=C(N)C(C=C(I)C(=N)CCCCC)=C(C)N. The van der Waals surface area contributed by atoms with Crippen LogP contribution in [0.5, 0.6) is 0 Å². The lowest BCUT2D eigenvalue weighted by Crippen LogP contribution is -2.06. The molecule has 0 aliphatic carbocycles. The molecular formula is C13H22IN3. The first-order valence-corrected chi connectivity index (χ1v) is 6.84. The van der Waals surface area contributed by atoms with Gasteiger partial charge in [0.05, 0.1) is 0 Å². The van der Waals surface area contributed by atoms with Gasteiger partial charge in [-0.1, -0.05) is 26.3 Å². The van der Waals surface area contributed by atoms with Crippen LogP contribution in [0, 0.1) is 5.41 Å². The molecule has 0 heterocycles. The maximum Gasteiger partial charge on any atom is 0.0447 e. The molecule has 0 spiro atoms. The van der Waals surface area contributed by atoms with Gasteiger partial charge >= 0.3 is 0 Å². The molecule has 0 atom stereocenters. The van der Waals surface area contributed by atoms with Crippen molar-refractivity contribution in [3.8, 4) is 0 Å². The van der Waals surface area contributed by atoms with Crippen LogP contribution in [0.3, 0.4) is 0 Å². The van der Waals surface area contributed by atoms with Crippen LogP contribution in [0.25, 0.3) is 0 Å². The minimum atomic E-state index is 0.445. The number of allylic oxidation sites excluding steroid dienone is 3. The first-order chi connectivity index (χ1) is 7.90. The van der Waals surface area contributed by atoms with Gasteiger partial charge in [0.25, 0.3) is 0 Å². The van der Waals surface area contributed by atoms with Crippen molar-refractivity contribution < 1.29 is 0 Å². The Hall–Kier alpha value is -0.780. The van der Waals surface area contributed by atoms with Gasteiger partial charge < -0.3 is 16.9 Å². The van der Waals surface area contributed by atoms with E-state index in [1.54, 1.807) is 6.92 Å². The van der Waals surface area contributed by atoms with E-state index in [0.717, 1.165) is 28.4 Å². The molecule has 3 nitrogen and oxygen atoms in total. The Balaban J connectivity index is 4.67. The topological polar surface area (TPSA) is 75.9 Å². The largest absolute Gasteiger partial charge is 0.402 e. The van der Waals surface area contributed by atoms with Gasteiger partial charge in [0.1, 0.15) is 0 Å². The van der Waals surface area contributed by atoms with Crippen molar-refractivity contribution in [2.45, 2.75) is 39.5 Å². The Morgan fingerprint density at radius 2 is 1.94 bits per heavy atom. The Labute approximate surface area is 118 Å². The van der Waals surface area contributed by atoms with E-state index < -0.39 is 0 Å². The third kappa shape index (κ3) is 6.51. The second-order valence-electron chi connectivity index (χ2n) is 4.05. The number of halogens is 1. The van der Waals surface area contributed by atoms with Crippen LogP contribution in [0.2, 0.25) is 0 Å². The van der Waals surface area contributed by atoms with E-state index in [2.05, 4.69) is 36.1 Å². The molecule has 0 unspecified atom stereocenters. The molecule has 0 aliphatic rings. The Bertz CT molecular complexity index is 350. The highest BCUT2D eigenvalue weighted by atomic mass is 127. The summed E-state index contributed by atoms with van der Waals surface area (Å²) in [5, 5.41) is 7.94. The predicted octanol–water partition coefficient (Wildman–Crippen LogP) is 3.61. The third-order valence-electron chi connectivity index (χ3n) is 2.36. The quantitative estimate of drug-likeness (QED) is 0.285. The molecular weight excluding hydrogens is 325 g/mol. The highest BCUT2D eigenvalue weighted by molar-refractivity contribution is 14.1. The molecule has 17 heavy (non-hydrogen) atoms. The average molecular weight is 347 g/mol. The summed E-state index contributed by atoms with van der Waals surface area (Å²) >= 11 is 2.15. The second kappa shape index (κ2) is 8.33. The monoisotopic (exact) mass is 347 g/mol. The van der Waals surface area contributed by atoms with Crippen molar-refractivity contribution in [1.82, 2.24) is 0 Å². The van der Waals surface area contributed by atoms with E-state index in [0.29, 0.717) is 17.1 Å². The van der Waals surface area contributed by atoms with E-state index in [-0.39, 0.29) is 0 Å². The second-order valence-corrected chi connectivity index (χ2v) is 5.21. The van der Waals surface area contributed by atoms with E-state index in [4.69, 9.17) is 16.9 Å². The van der Waals surface area contributed by atoms with Gasteiger partial charge in [0, 0.05) is 26.3 Å². The number of nitrogens with two attached hydrogens (primary N) is 2. The molecule has 0 aliphatic heterocycles. The zero-order chi connectivity index (χ0) is 13.4. The van der Waals surface area contributed by atoms with Gasteiger partial charge in [0.2, 0.25) is 0 Å². The maximum absolute atomic E-state index is 7.94. The van der Waals surface area contributed by atoms with Gasteiger partial charge in [-0.05, 0) is 48.4 Å². The van der Waals surface area contributed by atoms with Crippen molar-refractivity contribution in [3.63, 3.8) is 0 Å². The molecule has 4 heteroatoms. The van der Waals surface area contributed by atoms with Crippen LogP contribution in [0.4, 0.5) is 0 Å². The summed E-state index contributed by atoms with van der Waals surface area (Å²) in [6.45, 7) is 7.63. The van der Waals surface area contributed by atoms with Crippen LogP contribution in [-0.2, 0) is 0 Å². The average Bonchev–Trinajstić information content (AvgIpc) is 2.24. The molecule has 0 rings (SSSR count). The van der Waals surface area contributed by atoms with E-state index in [1.807, 2.05) is 6.08 Å². The molecule has 96 valence electrons. The zero-order valence-corrected chi connectivity index (χ0v) is 12.8. The first kappa shape index (κ1) is 16.2. The smallest absolute Gasteiger partial charge is 0.0447 e. The number of hydrogen-bond donors (Lipinski definition) is 3. The molecule has 0 amide bonds. The van der Waals surface area contributed by atoms with E-state index in [1.165, 1.54) is 6.42 Å². The van der Waals surface area contributed by atoms with Crippen molar-refractivity contribution in [1.29, 1.82) is 5.41 Å². The zero-order valence-electron chi connectivity index (χ0n) is 10.6. The molecule has 0 radical (unpaired) electrons. The van der Waals surface area contributed by atoms with Crippen molar-refractivity contribution in [2.24, 2.45) is 11.5 Å². The summed E-state index contributed by atoms with van der Waals surface area (Å²) in [6, 6.07) is 0. The molecule has 0 aromatic rings. The van der Waals surface area contributed by atoms with Gasteiger partial charge in [-0.15, -0.1) is 0 Å². The third-order valence-corrected chi connectivity index (χ3v) is 3.32. The molecule has 0 aromatic heterocycles. The summed E-state index contributed by atoms with van der Waals surface area (Å²) in [7, 11) is 0. The summed E-state index contributed by atoms with van der Waals surface area (Å²) in [5.74, 6) is 0. The van der Waals surface area contributed by atoms with Gasteiger partial charge in [-0.2, -0.15) is 0 Å². The minimum absolute atomic E-state index is 0.445. The molecule has 0 saturated carbocycles. The van der Waals surface area contributed by atoms with Crippen molar-refractivity contribution >= 4 is 28.3 Å². The minimum Gasteiger partial charge on any atom is -0.402 e. The van der Waals surface area contributed by atoms with Crippen LogP contribution in [-0.4, -0.2) is 5.71 Å². The maximum atomic E-state index is 7.94. The van der Waals surface area contributed by atoms with Gasteiger partial charge in [-0.3, -0.25) is 0 Å². The number of nitrogens with one attached hydrogen (secondary N) is 1. The molecule has 0 fully saturated rings. The Kier molecular flexibility index (Phi) is 7.95. The fraction of sp³-hybridized carbons (Fsp3) is 0.462. The van der Waals surface area contributed by atoms with Crippen LogP contribution in [0.15, 0.2) is 33.2 Å². The van der Waals surface area contributed by atoms with E-state index >= 15 is 0 Å². The predicted molar refractivity (Wildman–Crippen MR) is 84.2 cm³/mol. The Morgan fingerprint density at radius 1 is 1.35 bits per heavy atom. The summed E-state index contributed by atoms with van der Waals surface area (Å²) in [4.78, 5) is 0. The highest BCUT2D eigenvalue weighted by Crippen LogP contribution is 2.18. The van der Waals surface area contributed by atoms with Crippen LogP contribution >= 0.6 is 22.6 Å². The van der Waals surface area contributed by atoms with Crippen LogP contribution in [0.1, 0.15) is 39.5 Å². The summed E-state index contributed by atoms with van der Waals surface area (Å²) < 4.78 is 0.880. The number of hydrogen-bond acceptors (Lipinski definition) is 3. The summed E-state index contributed by atoms with van der Waals surface area (Å²) in [6.07, 6.45) is 6.03. The molecule has 0 bridgehead atoms. The lowest BCUT2D eigenvalue weighted by atomic mass is 10.1. The summed E-state index contributed by atoms with van der Waals surface area (Å²) in [5.41, 5.74) is 13.8. The molecule has 5 N–H and O–H groups in total. The van der Waals surface area contributed by atoms with Gasteiger partial charge in [0.15, 0.2) is 0 Å².